The molecule has 80 valence electrons. The van der Waals surface area contributed by atoms with Gasteiger partial charge < -0.3 is 5.73 Å². The molecule has 1 nitrogen and oxygen atoms in total. The van der Waals surface area contributed by atoms with Crippen molar-refractivity contribution < 1.29 is 0 Å². The molecule has 1 aromatic rings. The maximum absolute atomic E-state index is 6.09. The van der Waals surface area contributed by atoms with E-state index in [1.807, 2.05) is 0 Å². The van der Waals surface area contributed by atoms with Gasteiger partial charge in [-0.15, -0.1) is 0 Å². The summed E-state index contributed by atoms with van der Waals surface area (Å²) >= 11 is 0. The summed E-state index contributed by atoms with van der Waals surface area (Å²) in [6.07, 6.45) is 0. The van der Waals surface area contributed by atoms with Gasteiger partial charge in [0.15, 0.2) is 0 Å². The second-order valence-corrected chi connectivity index (χ2v) is 4.16. The first-order valence-corrected chi connectivity index (χ1v) is 4.92. The highest BCUT2D eigenvalue weighted by Crippen LogP contribution is 2.29. The van der Waals surface area contributed by atoms with Crippen LogP contribution in [0.2, 0.25) is 0 Å². The average Bonchev–Trinajstić information content (AvgIpc) is 2.03. The summed E-state index contributed by atoms with van der Waals surface area (Å²) in [4.78, 5) is 0. The zero-order valence-electron chi connectivity index (χ0n) is 8.96. The summed E-state index contributed by atoms with van der Waals surface area (Å²) in [5.41, 5.74) is 9.60. The van der Waals surface area contributed by atoms with Crippen molar-refractivity contribution in [2.45, 2.75) is 47.0 Å². The highest BCUT2D eigenvalue weighted by atomic mass is 14.6. The Bertz CT molecular complexity index is 261. The molecule has 0 aliphatic carbocycles. The first-order valence-electron chi connectivity index (χ1n) is 4.92. The monoisotopic (exact) mass is 193 g/mol. The van der Waals surface area contributed by atoms with Crippen molar-refractivity contribution >= 4 is 5.69 Å². The van der Waals surface area contributed by atoms with Gasteiger partial charge in [0.05, 0.1) is 0 Å². The Morgan fingerprint density at radius 1 is 0.929 bits per heavy atom. The van der Waals surface area contributed by atoms with E-state index in [-0.39, 0.29) is 7.43 Å². The van der Waals surface area contributed by atoms with E-state index in [1.54, 1.807) is 0 Å². The lowest BCUT2D eigenvalue weighted by Gasteiger charge is -2.15. The molecule has 0 heterocycles. The molecule has 14 heavy (non-hydrogen) atoms. The third-order valence-electron chi connectivity index (χ3n) is 2.42. The van der Waals surface area contributed by atoms with Gasteiger partial charge in [0, 0.05) is 5.69 Å². The summed E-state index contributed by atoms with van der Waals surface area (Å²) in [6.45, 7) is 8.71. The smallest absolute Gasteiger partial charge is 0.0384 e. The molecule has 0 fully saturated rings. The number of para-hydroxylation sites is 1. The standard InChI is InChI=1S/C12H19N.CH4/c1-8(2)10-6-5-7-11(9(3)4)12(10)13;/h5-9H,13H2,1-4H3;1H4. The molecule has 0 unspecified atom stereocenters. The summed E-state index contributed by atoms with van der Waals surface area (Å²) in [7, 11) is 0. The summed E-state index contributed by atoms with van der Waals surface area (Å²) in [5.74, 6) is 1.03. The van der Waals surface area contributed by atoms with E-state index >= 15 is 0 Å². The number of rotatable bonds is 2. The molecule has 1 heteroatoms. The lowest BCUT2D eigenvalue weighted by Crippen LogP contribution is -2.02. The number of hydrogen-bond acceptors (Lipinski definition) is 1. The van der Waals surface area contributed by atoms with Crippen molar-refractivity contribution in [2.75, 3.05) is 5.73 Å². The molecule has 0 amide bonds. The number of benzene rings is 1. The van der Waals surface area contributed by atoms with Crippen LogP contribution in [0.5, 0.6) is 0 Å². The molecule has 2 N–H and O–H groups in total. The Kier molecular flexibility index (Phi) is 4.69. The Hall–Kier alpha value is -0.980. The van der Waals surface area contributed by atoms with Gasteiger partial charge in [-0.3, -0.25) is 0 Å². The largest absolute Gasteiger partial charge is 0.398 e. The Morgan fingerprint density at radius 2 is 1.29 bits per heavy atom. The number of nitrogens with two attached hydrogens (primary N) is 1. The fourth-order valence-electron chi connectivity index (χ4n) is 1.61. The van der Waals surface area contributed by atoms with E-state index in [9.17, 15) is 0 Å². The van der Waals surface area contributed by atoms with Crippen molar-refractivity contribution in [3.63, 3.8) is 0 Å². The van der Waals surface area contributed by atoms with Gasteiger partial charge >= 0.3 is 0 Å². The van der Waals surface area contributed by atoms with Crippen LogP contribution in [0.1, 0.15) is 58.1 Å². The van der Waals surface area contributed by atoms with Crippen LogP contribution < -0.4 is 5.73 Å². The van der Waals surface area contributed by atoms with Crippen LogP contribution in [0.15, 0.2) is 18.2 Å². The molecule has 0 saturated carbocycles. The lowest BCUT2D eigenvalue weighted by atomic mass is 9.93. The Labute approximate surface area is 88.3 Å². The van der Waals surface area contributed by atoms with E-state index in [1.165, 1.54) is 11.1 Å². The highest BCUT2D eigenvalue weighted by Gasteiger charge is 2.09. The van der Waals surface area contributed by atoms with Crippen molar-refractivity contribution in [1.82, 2.24) is 0 Å². The molecule has 1 aromatic carbocycles. The second kappa shape index (κ2) is 5.04. The second-order valence-electron chi connectivity index (χ2n) is 4.16. The van der Waals surface area contributed by atoms with Crippen LogP contribution in [-0.2, 0) is 0 Å². The zero-order valence-corrected chi connectivity index (χ0v) is 8.96. The fourth-order valence-corrected chi connectivity index (χ4v) is 1.61. The van der Waals surface area contributed by atoms with Crippen LogP contribution in [0.4, 0.5) is 5.69 Å². The molecule has 0 atom stereocenters. The van der Waals surface area contributed by atoms with E-state index in [4.69, 9.17) is 5.73 Å². The van der Waals surface area contributed by atoms with Crippen molar-refractivity contribution in [3.05, 3.63) is 29.3 Å². The van der Waals surface area contributed by atoms with Gasteiger partial charge in [-0.1, -0.05) is 53.3 Å². The van der Waals surface area contributed by atoms with Crippen molar-refractivity contribution in [3.8, 4) is 0 Å². The Balaban J connectivity index is 0.00000169. The minimum absolute atomic E-state index is 0. The van der Waals surface area contributed by atoms with E-state index < -0.39 is 0 Å². The minimum Gasteiger partial charge on any atom is -0.398 e. The van der Waals surface area contributed by atoms with Crippen LogP contribution in [0, 0.1) is 0 Å². The highest BCUT2D eigenvalue weighted by molar-refractivity contribution is 5.56. The van der Waals surface area contributed by atoms with Crippen molar-refractivity contribution in [2.24, 2.45) is 0 Å². The molecule has 0 aromatic heterocycles. The maximum Gasteiger partial charge on any atom is 0.0384 e. The number of nitrogen functional groups attached to an aromatic ring is 1. The predicted octanol–water partition coefficient (Wildman–Crippen LogP) is 4.15. The quantitative estimate of drug-likeness (QED) is 0.701. The molecule has 0 aliphatic heterocycles. The zero-order chi connectivity index (χ0) is 10.0. The summed E-state index contributed by atoms with van der Waals surface area (Å²) in [6, 6.07) is 6.33. The molecular weight excluding hydrogens is 170 g/mol. The predicted molar refractivity (Wildman–Crippen MR) is 65.8 cm³/mol. The molecule has 0 aliphatic rings. The summed E-state index contributed by atoms with van der Waals surface area (Å²) < 4.78 is 0. The molecular formula is C13H23N. The normalized spacial score (nSPS) is 10.4. The third-order valence-corrected chi connectivity index (χ3v) is 2.42. The van der Waals surface area contributed by atoms with Gasteiger partial charge in [-0.2, -0.15) is 0 Å². The van der Waals surface area contributed by atoms with E-state index in [0.717, 1.165) is 5.69 Å². The van der Waals surface area contributed by atoms with Gasteiger partial charge in [0.2, 0.25) is 0 Å². The van der Waals surface area contributed by atoms with Crippen LogP contribution in [-0.4, -0.2) is 0 Å². The number of anilines is 1. The van der Waals surface area contributed by atoms with E-state index in [2.05, 4.69) is 45.9 Å². The van der Waals surface area contributed by atoms with Gasteiger partial charge in [0.1, 0.15) is 0 Å². The van der Waals surface area contributed by atoms with Crippen LogP contribution in [0.25, 0.3) is 0 Å². The topological polar surface area (TPSA) is 26.0 Å². The maximum atomic E-state index is 6.09. The minimum atomic E-state index is 0. The first kappa shape index (κ1) is 13.0. The first-order chi connectivity index (χ1) is 6.04. The summed E-state index contributed by atoms with van der Waals surface area (Å²) in [5, 5.41) is 0. The molecule has 0 saturated heterocycles. The lowest BCUT2D eigenvalue weighted by molar-refractivity contribution is 0.840. The van der Waals surface area contributed by atoms with Gasteiger partial charge in [0.25, 0.3) is 0 Å². The molecule has 0 bridgehead atoms. The SMILES string of the molecule is C.CC(C)c1cccc(C(C)C)c1N. The van der Waals surface area contributed by atoms with Crippen molar-refractivity contribution in [1.29, 1.82) is 0 Å². The fraction of sp³-hybridized carbons (Fsp3) is 0.538. The van der Waals surface area contributed by atoms with Gasteiger partial charge in [-0.25, -0.2) is 0 Å². The van der Waals surface area contributed by atoms with Gasteiger partial charge in [-0.05, 0) is 23.0 Å². The number of hydrogen-bond donors (Lipinski definition) is 1. The van der Waals surface area contributed by atoms with E-state index in [0.29, 0.717) is 11.8 Å². The molecule has 0 spiro atoms. The molecule has 0 radical (unpaired) electrons. The molecule has 1 rings (SSSR count). The Morgan fingerprint density at radius 3 is 1.57 bits per heavy atom. The van der Waals surface area contributed by atoms with Crippen LogP contribution >= 0.6 is 0 Å². The third kappa shape index (κ3) is 2.50. The van der Waals surface area contributed by atoms with Crippen LogP contribution in [0.3, 0.4) is 0 Å². The average molecular weight is 193 g/mol.